The summed E-state index contributed by atoms with van der Waals surface area (Å²) < 4.78 is 37.7. The molecule has 0 radical (unpaired) electrons. The number of benzene rings is 12. The second-order valence-corrected chi connectivity index (χ2v) is 25.8. The number of para-hydroxylation sites is 2. The van der Waals surface area contributed by atoms with Gasteiger partial charge in [0.2, 0.25) is 21.8 Å². The molecule has 5 amide bonds. The molecule has 0 unspecified atom stereocenters. The number of nitro benzene ring substituents is 2. The summed E-state index contributed by atoms with van der Waals surface area (Å²) in [6.07, 6.45) is 0.228. The highest BCUT2D eigenvalue weighted by Gasteiger charge is 2.26. The lowest BCUT2D eigenvalue weighted by atomic mass is 10.0. The highest BCUT2D eigenvalue weighted by atomic mass is 32.2. The number of primary amides is 1. The van der Waals surface area contributed by atoms with Crippen molar-refractivity contribution in [3.8, 4) is 28.7 Å². The van der Waals surface area contributed by atoms with Crippen molar-refractivity contribution in [2.75, 3.05) is 42.0 Å². The van der Waals surface area contributed by atoms with Crippen molar-refractivity contribution < 1.29 is 67.0 Å². The maximum atomic E-state index is 13.2. The number of fused-ring (bicyclic) bond motifs is 4. The number of anilines is 4. The zero-order valence-corrected chi connectivity index (χ0v) is 59.2. The van der Waals surface area contributed by atoms with Crippen molar-refractivity contribution in [3.05, 3.63) is 271 Å². The molecule has 12 aromatic rings. The van der Waals surface area contributed by atoms with E-state index in [4.69, 9.17) is 15.2 Å². The van der Waals surface area contributed by atoms with E-state index >= 15 is 0 Å². The van der Waals surface area contributed by atoms with E-state index in [2.05, 4.69) is 56.7 Å². The Bertz CT molecular complexity index is 5900. The van der Waals surface area contributed by atoms with Gasteiger partial charge in [-0.15, -0.1) is 20.5 Å². The number of nitrogens with one attached hydrogen (secondary N) is 5. The smallest absolute Gasteiger partial charge is 0.271 e. The Kier molecular flexibility index (Phi) is 22.8. The minimum atomic E-state index is -3.64. The maximum Gasteiger partial charge on any atom is 0.271 e. The minimum absolute atomic E-state index is 0.000661. The minimum Gasteiger partial charge on any atom is -0.505 e. The molecule has 0 fully saturated rings. The van der Waals surface area contributed by atoms with Crippen LogP contribution >= 0.6 is 0 Å². The van der Waals surface area contributed by atoms with E-state index in [1.807, 2.05) is 25.1 Å². The number of azo groups is 3. The van der Waals surface area contributed by atoms with Gasteiger partial charge in [0.1, 0.15) is 34.2 Å². The third-order valence-corrected chi connectivity index (χ3v) is 18.4. The first-order chi connectivity index (χ1) is 52.3. The Labute approximate surface area is 619 Å². The van der Waals surface area contributed by atoms with Gasteiger partial charge in [-0.2, -0.15) is 10.2 Å². The number of non-ortho nitro benzene ring substituents is 2. The molecule has 0 aliphatic carbocycles. The number of sulfonamides is 1. The zero-order chi connectivity index (χ0) is 77.8. The van der Waals surface area contributed by atoms with Gasteiger partial charge < -0.3 is 51.8 Å². The summed E-state index contributed by atoms with van der Waals surface area (Å²) in [5, 5.41) is 94.9. The summed E-state index contributed by atoms with van der Waals surface area (Å²) in [5.74, 6) is -2.87. The fourth-order valence-electron chi connectivity index (χ4n) is 11.4. The number of nitrogens with two attached hydrogens (primary N) is 1. The van der Waals surface area contributed by atoms with Crippen LogP contribution in [0.2, 0.25) is 0 Å². The molecule has 0 atom stereocenters. The molecule has 0 bridgehead atoms. The number of nitro groups is 2. The average Bonchev–Trinajstić information content (AvgIpc) is 1.27. The highest BCUT2D eigenvalue weighted by Crippen LogP contribution is 2.45. The Balaban J connectivity index is 0.000000163. The van der Waals surface area contributed by atoms with E-state index < -0.39 is 49.2 Å². The number of hydrogen-bond donors (Lipinski definition) is 9. The largest absolute Gasteiger partial charge is 0.505 e. The normalized spacial score (nSPS) is 11.7. The van der Waals surface area contributed by atoms with Gasteiger partial charge in [0.05, 0.1) is 68.6 Å². The summed E-state index contributed by atoms with van der Waals surface area (Å²) >= 11 is 0. The van der Waals surface area contributed by atoms with Crippen LogP contribution in [0.15, 0.2) is 248 Å². The van der Waals surface area contributed by atoms with Gasteiger partial charge >= 0.3 is 0 Å². The van der Waals surface area contributed by atoms with Crippen molar-refractivity contribution >= 4 is 140 Å². The van der Waals surface area contributed by atoms with Crippen LogP contribution < -0.4 is 41.2 Å². The van der Waals surface area contributed by atoms with Crippen molar-refractivity contribution in [2.24, 2.45) is 36.4 Å². The van der Waals surface area contributed by atoms with Crippen LogP contribution in [0, 0.1) is 34.1 Å². The van der Waals surface area contributed by atoms with Gasteiger partial charge in [-0.3, -0.25) is 44.2 Å². The van der Waals surface area contributed by atoms with Crippen molar-refractivity contribution in [1.82, 2.24) is 4.72 Å². The second-order valence-electron chi connectivity index (χ2n) is 24.0. The van der Waals surface area contributed by atoms with Crippen molar-refractivity contribution in [1.29, 1.82) is 0 Å². The Hall–Kier alpha value is -14.7. The third kappa shape index (κ3) is 17.2. The van der Waals surface area contributed by atoms with Crippen LogP contribution in [0.1, 0.15) is 65.0 Å². The summed E-state index contributed by atoms with van der Waals surface area (Å²) in [6, 6.07) is 56.5. The van der Waals surface area contributed by atoms with Crippen LogP contribution in [0.3, 0.4) is 0 Å². The van der Waals surface area contributed by atoms with Gasteiger partial charge in [0.25, 0.3) is 29.1 Å². The molecule has 109 heavy (non-hydrogen) atoms. The van der Waals surface area contributed by atoms with Gasteiger partial charge in [-0.1, -0.05) is 91.0 Å². The SMILES string of the molecule is CCOc1ccccc1NC(=O)c1cc2ccccc2c(N=Nc2ccc(C(N)=O)cc2)c1O.CNS(=O)(=O)c1cc(C)c(N=Nc2c(O)c(C(=O)Nc3ccc4c(c3)CC(=O)N4)cc3ccccc23)cc1C.COc1ccc([N+](=O)[O-])cc1N=Nc1c(O)c(C(=O)Nc2cccc([N+](=O)[O-])c2)cc2ccccc12. The average molecular weight is 1490 g/mol. The Morgan fingerprint density at radius 2 is 1.05 bits per heavy atom. The molecule has 0 saturated carbocycles. The predicted molar refractivity (Wildman–Crippen MR) is 409 cm³/mol. The quantitative estimate of drug-likeness (QED) is 0.0194. The van der Waals surface area contributed by atoms with Crippen LogP contribution in [0.25, 0.3) is 32.3 Å². The van der Waals surface area contributed by atoms with E-state index in [-0.39, 0.29) is 91.0 Å². The summed E-state index contributed by atoms with van der Waals surface area (Å²) in [7, 11) is -0.933. The fraction of sp³-hybridized carbons (Fsp3) is 0.0897. The number of nitrogens with zero attached hydrogens (tertiary/aromatic N) is 8. The first-order valence-corrected chi connectivity index (χ1v) is 34.4. The molecule has 0 aromatic heterocycles. The van der Waals surface area contributed by atoms with Crippen LogP contribution in [-0.4, -0.2) is 83.9 Å². The molecule has 1 aliphatic rings. The number of rotatable bonds is 20. The monoisotopic (exact) mass is 1480 g/mol. The molecule has 31 heteroatoms. The number of methoxy groups -OCH3 is 1. The first kappa shape index (κ1) is 75.4. The number of phenols is 3. The Morgan fingerprint density at radius 1 is 0.541 bits per heavy atom. The van der Waals surface area contributed by atoms with Gasteiger partial charge in [0, 0.05) is 63.0 Å². The maximum absolute atomic E-state index is 13.2. The number of carbonyl (C=O) groups is 5. The lowest BCUT2D eigenvalue weighted by molar-refractivity contribution is -0.385. The van der Waals surface area contributed by atoms with Crippen LogP contribution in [0.4, 0.5) is 68.2 Å². The number of aryl methyl sites for hydroxylation is 2. The molecule has 13 rings (SSSR count). The molecular formula is C78H64N14O16S. The van der Waals surface area contributed by atoms with Crippen molar-refractivity contribution in [2.45, 2.75) is 32.1 Å². The number of aromatic hydroxyl groups is 3. The number of ether oxygens (including phenoxy) is 2. The number of hydrogen-bond acceptors (Lipinski definition) is 22. The second kappa shape index (κ2) is 32.9. The standard InChI is InChI=1S/C28H25N5O5S.C26H22N4O4.C24H17N5O7/c1-15-11-24(39(37,38)29-3)16(2)10-23(15)32-33-26-20-7-5-4-6-17(20)13-21(27(26)35)28(36)30-19-8-9-22-18(12-19)14-25(34)31-22;1-2-34-22-10-6-5-9-21(22)28-26(33)20-15-17-7-3-4-8-19(17)23(24(20)31)30-29-18-13-11-16(12-14-18)25(27)32;1-36-21-10-9-17(29(34)35)13-20(21)26-27-22-18-8-3-2-5-14(18)11-19(23(22)30)24(31)25-15-6-4-7-16(12-15)28(32)33/h4-13,29,35H,14H2,1-3H3,(H,30,36)(H,31,34);3-15,31H,2H2,1H3,(H2,27,32)(H,28,33);2-13,30H,1H3,(H,25,31). The van der Waals surface area contributed by atoms with Crippen LogP contribution in [0.5, 0.6) is 28.7 Å². The number of phenolic OH excluding ortho intramolecular Hbond substituents is 3. The number of amides is 5. The predicted octanol–water partition coefficient (Wildman–Crippen LogP) is 17.0. The molecule has 548 valence electrons. The Morgan fingerprint density at radius 3 is 1.58 bits per heavy atom. The molecule has 30 nitrogen and oxygen atoms in total. The molecular weight excluding hydrogens is 1420 g/mol. The third-order valence-electron chi connectivity index (χ3n) is 16.8. The van der Waals surface area contributed by atoms with E-state index in [1.54, 1.807) is 141 Å². The van der Waals surface area contributed by atoms with Crippen LogP contribution in [-0.2, 0) is 21.2 Å². The first-order valence-electron chi connectivity index (χ1n) is 32.9. The van der Waals surface area contributed by atoms with E-state index in [9.17, 15) is 67.9 Å². The van der Waals surface area contributed by atoms with Gasteiger partial charge in [0.15, 0.2) is 17.2 Å². The lowest BCUT2D eigenvalue weighted by Gasteiger charge is -2.13. The summed E-state index contributed by atoms with van der Waals surface area (Å²) in [4.78, 5) is 83.4. The van der Waals surface area contributed by atoms with Crippen molar-refractivity contribution in [3.63, 3.8) is 0 Å². The summed E-state index contributed by atoms with van der Waals surface area (Å²) in [5.41, 5.74) is 9.83. The molecule has 0 spiro atoms. The topological polar surface area (TPSA) is 445 Å². The molecule has 10 N–H and O–H groups in total. The fourth-order valence-corrected chi connectivity index (χ4v) is 12.4. The molecule has 12 aromatic carbocycles. The number of carbonyl (C=O) groups excluding carboxylic acids is 5. The lowest BCUT2D eigenvalue weighted by Crippen LogP contribution is -2.19. The highest BCUT2D eigenvalue weighted by molar-refractivity contribution is 7.89. The molecule has 1 heterocycles. The van der Waals surface area contributed by atoms with Gasteiger partial charge in [-0.25, -0.2) is 13.1 Å². The molecule has 1 aliphatic heterocycles. The van der Waals surface area contributed by atoms with E-state index in [1.165, 1.54) is 80.9 Å². The molecule has 0 saturated heterocycles. The zero-order valence-electron chi connectivity index (χ0n) is 58.3. The van der Waals surface area contributed by atoms with E-state index in [0.29, 0.717) is 89.8 Å². The van der Waals surface area contributed by atoms with E-state index in [0.717, 1.165) is 5.56 Å². The van der Waals surface area contributed by atoms with Gasteiger partial charge in [-0.05, 0) is 158 Å². The summed E-state index contributed by atoms with van der Waals surface area (Å²) in [6.45, 7) is 5.67.